The zero-order valence-corrected chi connectivity index (χ0v) is 11.0. The lowest BCUT2D eigenvalue weighted by Gasteiger charge is -2.20. The van der Waals surface area contributed by atoms with Gasteiger partial charge in [0.25, 0.3) is 5.91 Å². The van der Waals surface area contributed by atoms with E-state index >= 15 is 0 Å². The van der Waals surface area contributed by atoms with Crippen LogP contribution >= 0.6 is 0 Å². The fourth-order valence-corrected chi connectivity index (χ4v) is 2.42. The van der Waals surface area contributed by atoms with Gasteiger partial charge in [-0.2, -0.15) is 0 Å². The van der Waals surface area contributed by atoms with Crippen LogP contribution in [-0.4, -0.2) is 47.0 Å². The molecular weight excluding hydrogens is 259 g/mol. The van der Waals surface area contributed by atoms with Gasteiger partial charge in [-0.15, -0.1) is 0 Å². The smallest absolute Gasteiger partial charge is 0.256 e. The van der Waals surface area contributed by atoms with Gasteiger partial charge >= 0.3 is 0 Å². The number of carbonyl (C=O) groups excluding carboxylic acids is 1. The molecule has 1 aromatic carbocycles. The van der Waals surface area contributed by atoms with E-state index in [1.54, 1.807) is 4.90 Å². The lowest BCUT2D eigenvalue weighted by Crippen LogP contribution is -2.34. The van der Waals surface area contributed by atoms with Crippen molar-refractivity contribution in [3.05, 3.63) is 35.9 Å². The maximum atomic E-state index is 13.7. The van der Waals surface area contributed by atoms with Gasteiger partial charge in [0.05, 0.1) is 11.1 Å². The molecule has 20 heavy (non-hydrogen) atoms. The molecule has 0 unspecified atom stereocenters. The first-order valence-electron chi connectivity index (χ1n) is 6.66. The molecule has 0 radical (unpaired) electrons. The van der Waals surface area contributed by atoms with Gasteiger partial charge < -0.3 is 10.2 Å². The van der Waals surface area contributed by atoms with Crippen molar-refractivity contribution in [3.63, 3.8) is 0 Å². The average Bonchev–Trinajstić information content (AvgIpc) is 2.74. The largest absolute Gasteiger partial charge is 0.337 e. The summed E-state index contributed by atoms with van der Waals surface area (Å²) in [6.07, 6.45) is 3.90. The van der Waals surface area contributed by atoms with Crippen molar-refractivity contribution >= 4 is 16.9 Å². The second kappa shape index (κ2) is 5.50. The summed E-state index contributed by atoms with van der Waals surface area (Å²) < 4.78 is 13.7. The highest BCUT2D eigenvalue weighted by molar-refractivity contribution is 6.04. The van der Waals surface area contributed by atoms with Crippen LogP contribution in [0.5, 0.6) is 0 Å². The van der Waals surface area contributed by atoms with E-state index in [1.165, 1.54) is 24.5 Å². The summed E-state index contributed by atoms with van der Waals surface area (Å²) in [6, 6.07) is 2.54. The number of halogens is 1. The summed E-state index contributed by atoms with van der Waals surface area (Å²) in [5.74, 6) is -0.645. The summed E-state index contributed by atoms with van der Waals surface area (Å²) >= 11 is 0. The van der Waals surface area contributed by atoms with E-state index in [1.807, 2.05) is 0 Å². The van der Waals surface area contributed by atoms with Gasteiger partial charge in [-0.3, -0.25) is 14.8 Å². The highest BCUT2D eigenvalue weighted by atomic mass is 19.1. The standard InChI is InChI=1S/C14H15FN4O/c15-10-8-11(13-12(9-10)17-3-4-18-13)14(20)19-6-1-2-16-5-7-19/h3-4,8-9,16H,1-2,5-7H2. The Kier molecular flexibility index (Phi) is 3.56. The van der Waals surface area contributed by atoms with Crippen molar-refractivity contribution in [1.82, 2.24) is 20.2 Å². The topological polar surface area (TPSA) is 58.1 Å². The summed E-state index contributed by atoms with van der Waals surface area (Å²) in [7, 11) is 0. The number of hydrogen-bond acceptors (Lipinski definition) is 4. The Hall–Kier alpha value is -2.08. The van der Waals surface area contributed by atoms with Crippen molar-refractivity contribution < 1.29 is 9.18 Å². The van der Waals surface area contributed by atoms with Gasteiger partial charge in [-0.25, -0.2) is 4.39 Å². The number of hydrogen-bond donors (Lipinski definition) is 1. The zero-order valence-electron chi connectivity index (χ0n) is 11.0. The van der Waals surface area contributed by atoms with Gasteiger partial charge in [-0.1, -0.05) is 0 Å². The van der Waals surface area contributed by atoms with Gasteiger partial charge in [0.1, 0.15) is 11.3 Å². The molecule has 1 N–H and O–H groups in total. The third-order valence-electron chi connectivity index (χ3n) is 3.40. The van der Waals surface area contributed by atoms with Crippen LogP contribution in [-0.2, 0) is 0 Å². The van der Waals surface area contributed by atoms with Crippen LogP contribution < -0.4 is 5.32 Å². The van der Waals surface area contributed by atoms with E-state index in [2.05, 4.69) is 15.3 Å². The van der Waals surface area contributed by atoms with Crippen molar-refractivity contribution in [2.45, 2.75) is 6.42 Å². The van der Waals surface area contributed by atoms with Crippen molar-refractivity contribution in [2.24, 2.45) is 0 Å². The Balaban J connectivity index is 2.02. The third kappa shape index (κ3) is 2.46. The molecule has 3 rings (SSSR count). The molecule has 0 bridgehead atoms. The molecule has 1 fully saturated rings. The molecule has 104 valence electrons. The van der Waals surface area contributed by atoms with Crippen LogP contribution in [0, 0.1) is 5.82 Å². The van der Waals surface area contributed by atoms with Crippen LogP contribution in [0.25, 0.3) is 11.0 Å². The lowest BCUT2D eigenvalue weighted by atomic mass is 10.1. The quantitative estimate of drug-likeness (QED) is 0.849. The van der Waals surface area contributed by atoms with E-state index in [-0.39, 0.29) is 11.5 Å². The molecule has 1 aliphatic heterocycles. The Morgan fingerprint density at radius 2 is 2.05 bits per heavy atom. The molecule has 1 aromatic heterocycles. The predicted octanol–water partition coefficient (Wildman–Crippen LogP) is 1.20. The molecule has 5 nitrogen and oxygen atoms in total. The predicted molar refractivity (Wildman–Crippen MR) is 72.9 cm³/mol. The minimum absolute atomic E-state index is 0.182. The first-order valence-corrected chi connectivity index (χ1v) is 6.66. The Bertz CT molecular complexity index is 638. The highest BCUT2D eigenvalue weighted by Crippen LogP contribution is 2.18. The average molecular weight is 274 g/mol. The number of aromatic nitrogens is 2. The van der Waals surface area contributed by atoms with Gasteiger partial charge in [-0.05, 0) is 19.0 Å². The van der Waals surface area contributed by atoms with Crippen molar-refractivity contribution in [3.8, 4) is 0 Å². The highest BCUT2D eigenvalue weighted by Gasteiger charge is 2.21. The van der Waals surface area contributed by atoms with Gasteiger partial charge in [0.2, 0.25) is 0 Å². The van der Waals surface area contributed by atoms with Crippen LogP contribution in [0.1, 0.15) is 16.8 Å². The first-order chi connectivity index (χ1) is 9.75. The summed E-state index contributed by atoms with van der Waals surface area (Å²) in [4.78, 5) is 22.6. The first kappa shape index (κ1) is 12.9. The second-order valence-corrected chi connectivity index (χ2v) is 4.77. The molecule has 2 heterocycles. The fraction of sp³-hybridized carbons (Fsp3) is 0.357. The second-order valence-electron chi connectivity index (χ2n) is 4.77. The molecule has 6 heteroatoms. The van der Waals surface area contributed by atoms with E-state index in [9.17, 15) is 9.18 Å². The molecule has 1 aliphatic rings. The Morgan fingerprint density at radius 1 is 1.20 bits per heavy atom. The third-order valence-corrected chi connectivity index (χ3v) is 3.40. The molecule has 1 saturated heterocycles. The van der Waals surface area contributed by atoms with E-state index in [4.69, 9.17) is 0 Å². The molecule has 2 aromatic rings. The monoisotopic (exact) mass is 274 g/mol. The summed E-state index contributed by atoms with van der Waals surface area (Å²) in [5, 5.41) is 3.24. The summed E-state index contributed by atoms with van der Waals surface area (Å²) in [6.45, 7) is 2.94. The van der Waals surface area contributed by atoms with Crippen molar-refractivity contribution in [1.29, 1.82) is 0 Å². The molecule has 0 saturated carbocycles. The van der Waals surface area contributed by atoms with E-state index < -0.39 is 5.82 Å². The summed E-state index contributed by atoms with van der Waals surface area (Å²) in [5.41, 5.74) is 1.15. The van der Waals surface area contributed by atoms with Gasteiger partial charge in [0, 0.05) is 38.1 Å². The number of nitrogens with one attached hydrogen (secondary N) is 1. The minimum Gasteiger partial charge on any atom is -0.337 e. The maximum Gasteiger partial charge on any atom is 0.256 e. The number of benzene rings is 1. The molecule has 1 amide bonds. The number of nitrogens with zero attached hydrogens (tertiary/aromatic N) is 3. The molecule has 0 aliphatic carbocycles. The normalized spacial score (nSPS) is 16.1. The number of rotatable bonds is 1. The Morgan fingerprint density at radius 3 is 2.95 bits per heavy atom. The van der Waals surface area contributed by atoms with Crippen LogP contribution in [0.2, 0.25) is 0 Å². The van der Waals surface area contributed by atoms with E-state index in [0.717, 1.165) is 19.5 Å². The number of amides is 1. The van der Waals surface area contributed by atoms with Crippen molar-refractivity contribution in [2.75, 3.05) is 26.2 Å². The lowest BCUT2D eigenvalue weighted by molar-refractivity contribution is 0.0767. The number of carbonyl (C=O) groups is 1. The Labute approximate surface area is 115 Å². The molecular formula is C14H15FN4O. The minimum atomic E-state index is -0.464. The van der Waals surface area contributed by atoms with Crippen LogP contribution in [0.3, 0.4) is 0 Å². The molecule has 0 spiro atoms. The van der Waals surface area contributed by atoms with E-state index in [0.29, 0.717) is 24.1 Å². The van der Waals surface area contributed by atoms with Crippen LogP contribution in [0.4, 0.5) is 4.39 Å². The molecule has 0 atom stereocenters. The zero-order chi connectivity index (χ0) is 13.9. The van der Waals surface area contributed by atoms with Gasteiger partial charge in [0.15, 0.2) is 0 Å². The maximum absolute atomic E-state index is 13.7. The van der Waals surface area contributed by atoms with Crippen LogP contribution in [0.15, 0.2) is 24.5 Å². The fourth-order valence-electron chi connectivity index (χ4n) is 2.42. The number of fused-ring (bicyclic) bond motifs is 1. The SMILES string of the molecule is O=C(c1cc(F)cc2nccnc12)N1CCCNCC1.